The van der Waals surface area contributed by atoms with Crippen molar-refractivity contribution in [3.05, 3.63) is 53.6 Å². The van der Waals surface area contributed by atoms with Gasteiger partial charge >= 0.3 is 5.97 Å². The highest BCUT2D eigenvalue weighted by Gasteiger charge is 2.14. The third-order valence-electron chi connectivity index (χ3n) is 3.79. The molecule has 2 aromatic rings. The minimum Gasteiger partial charge on any atom is -0.481 e. The van der Waals surface area contributed by atoms with Crippen molar-refractivity contribution in [2.24, 2.45) is 5.73 Å². The van der Waals surface area contributed by atoms with Crippen molar-refractivity contribution in [1.29, 1.82) is 0 Å². The molecule has 2 aromatic carbocycles. The molecular formula is C19H18N2O7. The SMILES string of the molecule is NC(=O)c1ccccc1OCC(=O)OCC(=O)NCc1ccc2c(c1)OCO2. The van der Waals surface area contributed by atoms with Gasteiger partial charge in [0.1, 0.15) is 5.75 Å². The number of nitrogens with one attached hydrogen (secondary N) is 1. The molecule has 0 aliphatic carbocycles. The van der Waals surface area contributed by atoms with Gasteiger partial charge in [0.05, 0.1) is 5.56 Å². The summed E-state index contributed by atoms with van der Waals surface area (Å²) in [7, 11) is 0. The van der Waals surface area contributed by atoms with E-state index in [1.807, 2.05) is 0 Å². The predicted octanol–water partition coefficient (Wildman–Crippen LogP) is 0.753. The van der Waals surface area contributed by atoms with Gasteiger partial charge in [0, 0.05) is 6.54 Å². The first-order valence-electron chi connectivity index (χ1n) is 8.35. The molecule has 146 valence electrons. The zero-order chi connectivity index (χ0) is 19.9. The molecule has 28 heavy (non-hydrogen) atoms. The van der Waals surface area contributed by atoms with Crippen molar-refractivity contribution in [3.63, 3.8) is 0 Å². The highest BCUT2D eigenvalue weighted by Crippen LogP contribution is 2.32. The van der Waals surface area contributed by atoms with Crippen LogP contribution in [0.2, 0.25) is 0 Å². The molecule has 0 spiro atoms. The number of nitrogens with two attached hydrogens (primary N) is 1. The first-order valence-corrected chi connectivity index (χ1v) is 8.35. The first kappa shape index (κ1) is 19.0. The van der Waals surface area contributed by atoms with Crippen molar-refractivity contribution in [2.45, 2.75) is 6.54 Å². The molecule has 1 heterocycles. The van der Waals surface area contributed by atoms with E-state index in [2.05, 4.69) is 5.32 Å². The minimum atomic E-state index is -0.752. The number of benzene rings is 2. The number of fused-ring (bicyclic) bond motifs is 1. The van der Waals surface area contributed by atoms with Gasteiger partial charge in [0.15, 0.2) is 24.7 Å². The summed E-state index contributed by atoms with van der Waals surface area (Å²) in [6.45, 7) is -0.494. The molecule has 9 heteroatoms. The van der Waals surface area contributed by atoms with Gasteiger partial charge in [-0.15, -0.1) is 0 Å². The van der Waals surface area contributed by atoms with Crippen LogP contribution in [0.25, 0.3) is 0 Å². The zero-order valence-corrected chi connectivity index (χ0v) is 14.8. The summed E-state index contributed by atoms with van der Waals surface area (Å²) in [5, 5.41) is 2.63. The second-order valence-corrected chi connectivity index (χ2v) is 5.77. The maximum Gasteiger partial charge on any atom is 0.344 e. The van der Waals surface area contributed by atoms with Crippen LogP contribution in [0.3, 0.4) is 0 Å². The highest BCUT2D eigenvalue weighted by molar-refractivity contribution is 5.95. The largest absolute Gasteiger partial charge is 0.481 e. The summed E-state index contributed by atoms with van der Waals surface area (Å²) in [4.78, 5) is 34.8. The van der Waals surface area contributed by atoms with Crippen molar-refractivity contribution in [1.82, 2.24) is 5.32 Å². The van der Waals surface area contributed by atoms with Crippen molar-refractivity contribution < 1.29 is 33.3 Å². The number of esters is 1. The van der Waals surface area contributed by atoms with Crippen LogP contribution in [-0.2, 0) is 20.9 Å². The molecule has 3 rings (SSSR count). The van der Waals surface area contributed by atoms with Crippen LogP contribution >= 0.6 is 0 Å². The van der Waals surface area contributed by atoms with Gasteiger partial charge < -0.3 is 30.0 Å². The molecular weight excluding hydrogens is 368 g/mol. The maximum absolute atomic E-state index is 11.8. The average Bonchev–Trinajstić information content (AvgIpc) is 3.17. The molecule has 0 saturated carbocycles. The lowest BCUT2D eigenvalue weighted by atomic mass is 10.2. The lowest BCUT2D eigenvalue weighted by Crippen LogP contribution is -2.29. The van der Waals surface area contributed by atoms with E-state index >= 15 is 0 Å². The maximum atomic E-state index is 11.8. The van der Waals surface area contributed by atoms with Crippen LogP contribution in [-0.4, -0.2) is 37.8 Å². The van der Waals surface area contributed by atoms with E-state index in [-0.39, 0.29) is 24.7 Å². The molecule has 0 aromatic heterocycles. The molecule has 0 unspecified atom stereocenters. The van der Waals surface area contributed by atoms with E-state index in [4.69, 9.17) is 24.7 Å². The molecule has 9 nitrogen and oxygen atoms in total. The van der Waals surface area contributed by atoms with E-state index in [1.54, 1.807) is 30.3 Å². The number of carbonyl (C=O) groups excluding carboxylic acids is 3. The fourth-order valence-electron chi connectivity index (χ4n) is 2.42. The fraction of sp³-hybridized carbons (Fsp3) is 0.211. The Kier molecular flexibility index (Phi) is 5.95. The molecule has 1 aliphatic heterocycles. The number of hydrogen-bond donors (Lipinski definition) is 2. The number of rotatable bonds is 8. The quantitative estimate of drug-likeness (QED) is 0.641. The summed E-state index contributed by atoms with van der Waals surface area (Å²) in [6.07, 6.45) is 0. The Labute approximate surface area is 160 Å². The van der Waals surface area contributed by atoms with Crippen molar-refractivity contribution in [2.75, 3.05) is 20.0 Å². The number of para-hydroxylation sites is 1. The standard InChI is InChI=1S/C19H18N2O7/c20-19(24)13-3-1-2-4-14(13)25-10-18(23)26-9-17(22)21-8-12-5-6-15-16(7-12)28-11-27-15/h1-7H,8-11H2,(H2,20,24)(H,21,22). The number of hydrogen-bond acceptors (Lipinski definition) is 7. The van der Waals surface area contributed by atoms with E-state index < -0.39 is 31.0 Å². The van der Waals surface area contributed by atoms with E-state index in [9.17, 15) is 14.4 Å². The second kappa shape index (κ2) is 8.76. The smallest absolute Gasteiger partial charge is 0.344 e. The van der Waals surface area contributed by atoms with Gasteiger partial charge in [-0.2, -0.15) is 0 Å². The minimum absolute atomic E-state index is 0.150. The van der Waals surface area contributed by atoms with Crippen LogP contribution in [0, 0.1) is 0 Å². The number of carbonyl (C=O) groups is 3. The third-order valence-corrected chi connectivity index (χ3v) is 3.79. The van der Waals surface area contributed by atoms with E-state index in [1.165, 1.54) is 12.1 Å². The van der Waals surface area contributed by atoms with Crippen molar-refractivity contribution in [3.8, 4) is 17.2 Å². The Hall–Kier alpha value is -3.75. The Bertz CT molecular complexity index is 898. The number of primary amides is 1. The molecule has 0 radical (unpaired) electrons. The normalized spacial score (nSPS) is 11.6. The average molecular weight is 386 g/mol. The second-order valence-electron chi connectivity index (χ2n) is 5.77. The molecule has 1 aliphatic rings. The summed E-state index contributed by atoms with van der Waals surface area (Å²) < 4.78 is 20.6. The van der Waals surface area contributed by atoms with Gasteiger partial charge in [0.25, 0.3) is 11.8 Å². The summed E-state index contributed by atoms with van der Waals surface area (Å²) >= 11 is 0. The van der Waals surface area contributed by atoms with E-state index in [0.717, 1.165) is 5.56 Å². The van der Waals surface area contributed by atoms with Gasteiger partial charge in [-0.25, -0.2) is 4.79 Å². The Morgan fingerprint density at radius 3 is 2.64 bits per heavy atom. The Morgan fingerprint density at radius 1 is 1.04 bits per heavy atom. The molecule has 3 N–H and O–H groups in total. The van der Waals surface area contributed by atoms with Gasteiger partial charge in [-0.05, 0) is 29.8 Å². The van der Waals surface area contributed by atoms with Gasteiger partial charge in [0.2, 0.25) is 6.79 Å². The molecule has 0 atom stereocenters. The fourth-order valence-corrected chi connectivity index (χ4v) is 2.42. The lowest BCUT2D eigenvalue weighted by molar-refractivity contribution is -0.150. The van der Waals surface area contributed by atoms with Crippen LogP contribution in [0.15, 0.2) is 42.5 Å². The lowest BCUT2D eigenvalue weighted by Gasteiger charge is -2.10. The molecule has 0 fully saturated rings. The first-order chi connectivity index (χ1) is 13.5. The molecule has 0 bridgehead atoms. The molecule has 2 amide bonds. The Morgan fingerprint density at radius 2 is 1.82 bits per heavy atom. The zero-order valence-electron chi connectivity index (χ0n) is 14.8. The van der Waals surface area contributed by atoms with Crippen LogP contribution in [0.4, 0.5) is 0 Å². The number of ether oxygens (including phenoxy) is 4. The van der Waals surface area contributed by atoms with Crippen LogP contribution < -0.4 is 25.3 Å². The summed E-state index contributed by atoms with van der Waals surface area (Å²) in [5.41, 5.74) is 6.19. The highest BCUT2D eigenvalue weighted by atomic mass is 16.7. The predicted molar refractivity (Wildman–Crippen MR) is 95.8 cm³/mol. The van der Waals surface area contributed by atoms with Gasteiger partial charge in [-0.1, -0.05) is 18.2 Å². The van der Waals surface area contributed by atoms with E-state index in [0.29, 0.717) is 11.5 Å². The third kappa shape index (κ3) is 4.91. The van der Waals surface area contributed by atoms with Gasteiger partial charge in [-0.3, -0.25) is 9.59 Å². The molecule has 0 saturated heterocycles. The summed E-state index contributed by atoms with van der Waals surface area (Å²) in [6, 6.07) is 11.6. The monoisotopic (exact) mass is 386 g/mol. The summed E-state index contributed by atoms with van der Waals surface area (Å²) in [5.74, 6) is -0.458. The van der Waals surface area contributed by atoms with Crippen LogP contribution in [0.1, 0.15) is 15.9 Å². The van der Waals surface area contributed by atoms with Crippen molar-refractivity contribution >= 4 is 17.8 Å². The Balaban J connectivity index is 1.40. The topological polar surface area (TPSA) is 126 Å². The number of amides is 2. The van der Waals surface area contributed by atoms with Crippen LogP contribution in [0.5, 0.6) is 17.2 Å².